The molecule has 0 aromatic carbocycles. The van der Waals surface area contributed by atoms with Crippen LogP contribution in [0.3, 0.4) is 0 Å². The average Bonchev–Trinajstić information content (AvgIpc) is 2.40. The Balaban J connectivity index is 3.19. The molecule has 2 unspecified atom stereocenters. The van der Waals surface area contributed by atoms with Crippen LogP contribution in [0.1, 0.15) is 27.7 Å². The summed E-state index contributed by atoms with van der Waals surface area (Å²) in [5.41, 5.74) is -2.59. The second kappa shape index (κ2) is 4.37. The van der Waals surface area contributed by atoms with Crippen molar-refractivity contribution in [2.45, 2.75) is 44.7 Å². The summed E-state index contributed by atoms with van der Waals surface area (Å²) in [4.78, 5) is 23.2. The molecule has 0 bridgehead atoms. The summed E-state index contributed by atoms with van der Waals surface area (Å²) in [6.45, 7) is 9.23. The summed E-state index contributed by atoms with van der Waals surface area (Å²) in [6.07, 6.45) is 0.884. The summed E-state index contributed by atoms with van der Waals surface area (Å²) in [5.74, 6) is -3.98. The minimum atomic E-state index is -2.17. The van der Waals surface area contributed by atoms with Gasteiger partial charge >= 0.3 is 17.7 Å². The van der Waals surface area contributed by atoms with Crippen LogP contribution in [0.2, 0.25) is 0 Å². The lowest BCUT2D eigenvalue weighted by Gasteiger charge is -2.38. The largest absolute Gasteiger partial charge is 0.457 e. The van der Waals surface area contributed by atoms with Crippen LogP contribution in [-0.2, 0) is 23.8 Å². The fourth-order valence-corrected chi connectivity index (χ4v) is 1.55. The summed E-state index contributed by atoms with van der Waals surface area (Å²) >= 11 is 0. The van der Waals surface area contributed by atoms with E-state index in [2.05, 4.69) is 6.58 Å². The maximum absolute atomic E-state index is 11.8. The molecule has 1 rings (SSSR count). The number of carbonyl (C=O) groups is 2. The van der Waals surface area contributed by atoms with Gasteiger partial charge in [0.2, 0.25) is 0 Å². The van der Waals surface area contributed by atoms with Crippen molar-refractivity contribution in [1.29, 1.82) is 0 Å². The first kappa shape index (κ1) is 14.7. The summed E-state index contributed by atoms with van der Waals surface area (Å²) < 4.78 is 15.2. The van der Waals surface area contributed by atoms with Crippen molar-refractivity contribution in [3.63, 3.8) is 0 Å². The topological polar surface area (TPSA) is 82.1 Å². The van der Waals surface area contributed by atoms with E-state index in [1.54, 1.807) is 20.8 Å². The van der Waals surface area contributed by atoms with Gasteiger partial charge < -0.3 is 19.3 Å². The first-order valence-corrected chi connectivity index (χ1v) is 5.49. The molecular formula is C12H18O6. The van der Waals surface area contributed by atoms with Gasteiger partial charge in [-0.05, 0) is 27.7 Å². The van der Waals surface area contributed by atoms with Gasteiger partial charge in [-0.1, -0.05) is 6.58 Å². The van der Waals surface area contributed by atoms with Gasteiger partial charge in [0.25, 0.3) is 0 Å². The third-order valence-electron chi connectivity index (χ3n) is 2.32. The van der Waals surface area contributed by atoms with Crippen LogP contribution in [0, 0.1) is 0 Å². The van der Waals surface area contributed by atoms with E-state index >= 15 is 0 Å². The Hall–Kier alpha value is -1.40. The van der Waals surface area contributed by atoms with Gasteiger partial charge in [-0.25, -0.2) is 9.59 Å². The molecule has 1 aliphatic heterocycles. The number of esters is 2. The highest BCUT2D eigenvalue weighted by Gasteiger charge is 2.66. The maximum Gasteiger partial charge on any atom is 0.383 e. The highest BCUT2D eigenvalue weighted by molar-refractivity contribution is 5.88. The summed E-state index contributed by atoms with van der Waals surface area (Å²) in [6, 6.07) is 0. The Bertz CT molecular complexity index is 379. The monoisotopic (exact) mass is 258 g/mol. The molecule has 18 heavy (non-hydrogen) atoms. The molecule has 0 aromatic heterocycles. The van der Waals surface area contributed by atoms with Crippen LogP contribution < -0.4 is 0 Å². The third-order valence-corrected chi connectivity index (χ3v) is 2.32. The molecule has 0 saturated carbocycles. The normalized spacial score (nSPS) is 31.9. The van der Waals surface area contributed by atoms with Gasteiger partial charge in [-0.15, -0.1) is 0 Å². The Morgan fingerprint density at radius 1 is 1.56 bits per heavy atom. The Morgan fingerprint density at radius 2 is 2.11 bits per heavy atom. The van der Waals surface area contributed by atoms with E-state index in [1.165, 1.54) is 6.92 Å². The highest BCUT2D eigenvalue weighted by Crippen LogP contribution is 2.38. The Kier molecular flexibility index (Phi) is 3.56. The molecular weight excluding hydrogens is 240 g/mol. The molecule has 0 spiro atoms. The molecule has 1 heterocycles. The Labute approximate surface area is 106 Å². The van der Waals surface area contributed by atoms with Crippen LogP contribution in [0.15, 0.2) is 12.7 Å². The molecule has 0 aromatic rings. The van der Waals surface area contributed by atoms with Crippen LogP contribution in [-0.4, -0.2) is 40.6 Å². The number of hydrogen-bond acceptors (Lipinski definition) is 6. The number of hydrogen-bond donors (Lipinski definition) is 1. The van der Waals surface area contributed by atoms with Crippen molar-refractivity contribution in [2.24, 2.45) is 0 Å². The van der Waals surface area contributed by atoms with Gasteiger partial charge in [-0.3, -0.25) is 0 Å². The molecule has 1 fully saturated rings. The molecule has 2 atom stereocenters. The zero-order valence-corrected chi connectivity index (χ0v) is 11.0. The quantitative estimate of drug-likeness (QED) is 0.452. The minimum Gasteiger partial charge on any atom is -0.457 e. The fourth-order valence-electron chi connectivity index (χ4n) is 1.55. The molecule has 0 radical (unpaired) electrons. The second-order valence-electron chi connectivity index (χ2n) is 5.31. The van der Waals surface area contributed by atoms with Crippen molar-refractivity contribution in [3.8, 4) is 0 Å². The van der Waals surface area contributed by atoms with E-state index in [4.69, 9.17) is 14.2 Å². The Morgan fingerprint density at radius 3 is 2.44 bits per heavy atom. The predicted molar refractivity (Wildman–Crippen MR) is 61.4 cm³/mol. The number of carbonyl (C=O) groups excluding carboxylic acids is 2. The highest BCUT2D eigenvalue weighted by atomic mass is 16.8. The predicted octanol–water partition coefficient (Wildman–Crippen LogP) is 0.535. The van der Waals surface area contributed by atoms with E-state index in [0.29, 0.717) is 0 Å². The van der Waals surface area contributed by atoms with E-state index in [9.17, 15) is 14.7 Å². The van der Waals surface area contributed by atoms with Crippen LogP contribution in [0.4, 0.5) is 0 Å². The molecule has 0 amide bonds. The minimum absolute atomic E-state index is 0.313. The van der Waals surface area contributed by atoms with Gasteiger partial charge in [0.05, 0.1) is 5.60 Å². The standard InChI is InChI=1S/C12H18O6/c1-6-8(13)17-12(18-10(2,3)4)9(14)16-7-11(12,5)15/h6,15H,1,7H2,2-5H3. The summed E-state index contributed by atoms with van der Waals surface area (Å²) in [5, 5.41) is 10.2. The van der Waals surface area contributed by atoms with Gasteiger partial charge in [0.1, 0.15) is 6.61 Å². The van der Waals surface area contributed by atoms with Crippen molar-refractivity contribution in [2.75, 3.05) is 6.61 Å². The maximum atomic E-state index is 11.8. The van der Waals surface area contributed by atoms with Crippen molar-refractivity contribution >= 4 is 11.9 Å². The van der Waals surface area contributed by atoms with Gasteiger partial charge in [-0.2, -0.15) is 0 Å². The number of aliphatic hydroxyl groups is 1. The number of ether oxygens (including phenoxy) is 3. The van der Waals surface area contributed by atoms with Crippen molar-refractivity contribution in [1.82, 2.24) is 0 Å². The van der Waals surface area contributed by atoms with E-state index in [-0.39, 0.29) is 6.61 Å². The van der Waals surface area contributed by atoms with Crippen molar-refractivity contribution < 1.29 is 28.9 Å². The van der Waals surface area contributed by atoms with E-state index in [0.717, 1.165) is 6.08 Å². The van der Waals surface area contributed by atoms with Crippen LogP contribution in [0.25, 0.3) is 0 Å². The summed E-state index contributed by atoms with van der Waals surface area (Å²) in [7, 11) is 0. The zero-order valence-electron chi connectivity index (χ0n) is 11.0. The lowest BCUT2D eigenvalue weighted by molar-refractivity contribution is -0.298. The molecule has 102 valence electrons. The first-order valence-electron chi connectivity index (χ1n) is 5.49. The lowest BCUT2D eigenvalue weighted by Crippen LogP contribution is -2.60. The molecule has 6 nitrogen and oxygen atoms in total. The van der Waals surface area contributed by atoms with E-state index in [1.807, 2.05) is 0 Å². The number of rotatable bonds is 3. The average molecular weight is 258 g/mol. The van der Waals surface area contributed by atoms with Gasteiger partial charge in [0.15, 0.2) is 5.60 Å². The molecule has 0 aliphatic carbocycles. The third kappa shape index (κ3) is 2.54. The SMILES string of the molecule is C=CC(=O)OC1(OC(C)(C)C)C(=O)OCC1(C)O. The zero-order chi connectivity index (χ0) is 14.2. The number of cyclic esters (lactones) is 1. The fraction of sp³-hybridized carbons (Fsp3) is 0.667. The second-order valence-corrected chi connectivity index (χ2v) is 5.31. The molecule has 1 aliphatic rings. The lowest BCUT2D eigenvalue weighted by atomic mass is 9.97. The van der Waals surface area contributed by atoms with Gasteiger partial charge in [0, 0.05) is 6.08 Å². The molecule has 1 N–H and O–H groups in total. The molecule has 1 saturated heterocycles. The smallest absolute Gasteiger partial charge is 0.383 e. The van der Waals surface area contributed by atoms with E-state index < -0.39 is 28.9 Å². The molecule has 6 heteroatoms. The van der Waals surface area contributed by atoms with Crippen LogP contribution >= 0.6 is 0 Å². The van der Waals surface area contributed by atoms with Crippen molar-refractivity contribution in [3.05, 3.63) is 12.7 Å². The first-order chi connectivity index (χ1) is 8.04. The van der Waals surface area contributed by atoms with Crippen LogP contribution in [0.5, 0.6) is 0 Å².